The minimum atomic E-state index is -0.312. The molecule has 0 aliphatic carbocycles. The Hall–Kier alpha value is -2.30. The molecule has 5 nitrogen and oxygen atoms in total. The quantitative estimate of drug-likeness (QED) is 0.849. The molecule has 0 spiro atoms. The Balaban J connectivity index is 2.39. The van der Waals surface area contributed by atoms with Gasteiger partial charge in [0, 0.05) is 16.8 Å². The summed E-state index contributed by atoms with van der Waals surface area (Å²) in [6.45, 7) is 4.58. The number of ether oxygens (including phenoxy) is 2. The van der Waals surface area contributed by atoms with Crippen LogP contribution in [0.2, 0.25) is 0 Å². The van der Waals surface area contributed by atoms with Gasteiger partial charge in [0.2, 0.25) is 0 Å². The van der Waals surface area contributed by atoms with Crippen LogP contribution in [-0.2, 0) is 9.53 Å². The summed E-state index contributed by atoms with van der Waals surface area (Å²) >= 11 is 0. The van der Waals surface area contributed by atoms with Crippen LogP contribution >= 0.6 is 0 Å². The van der Waals surface area contributed by atoms with E-state index in [1.807, 2.05) is 38.1 Å². The lowest BCUT2D eigenvalue weighted by Crippen LogP contribution is -2.15. The fourth-order valence-corrected chi connectivity index (χ4v) is 1.98. The largest absolute Gasteiger partial charge is 0.494 e. The molecule has 0 radical (unpaired) electrons. The van der Waals surface area contributed by atoms with Crippen molar-refractivity contribution >= 4 is 22.6 Å². The number of nitrogens with one attached hydrogen (secondary N) is 1. The number of nitrogens with zero attached hydrogens (tertiary/aromatic N) is 1. The van der Waals surface area contributed by atoms with E-state index >= 15 is 0 Å². The highest BCUT2D eigenvalue weighted by molar-refractivity contribution is 5.93. The number of carbonyl (C=O) groups is 1. The summed E-state index contributed by atoms with van der Waals surface area (Å²) in [6.07, 6.45) is 0. The number of benzene rings is 1. The van der Waals surface area contributed by atoms with Crippen molar-refractivity contribution in [3.8, 4) is 5.75 Å². The normalized spacial score (nSPS) is 10.3. The van der Waals surface area contributed by atoms with E-state index in [9.17, 15) is 4.79 Å². The molecule has 1 aromatic heterocycles. The fourth-order valence-electron chi connectivity index (χ4n) is 1.98. The maximum atomic E-state index is 11.3. The van der Waals surface area contributed by atoms with Crippen LogP contribution in [0.25, 0.3) is 10.9 Å². The molecule has 1 aromatic carbocycles. The van der Waals surface area contributed by atoms with Gasteiger partial charge >= 0.3 is 5.97 Å². The van der Waals surface area contributed by atoms with E-state index in [0.29, 0.717) is 6.61 Å². The molecule has 2 aromatic rings. The van der Waals surface area contributed by atoms with Gasteiger partial charge in [-0.2, -0.15) is 0 Å². The number of esters is 1. The topological polar surface area (TPSA) is 60.5 Å². The van der Waals surface area contributed by atoms with Gasteiger partial charge in [-0.3, -0.25) is 9.78 Å². The van der Waals surface area contributed by atoms with Gasteiger partial charge in [-0.05, 0) is 38.1 Å². The van der Waals surface area contributed by atoms with E-state index < -0.39 is 0 Å². The lowest BCUT2D eigenvalue weighted by molar-refractivity contribution is -0.138. The predicted molar refractivity (Wildman–Crippen MR) is 78.2 cm³/mol. The number of hydrogen-bond donors (Lipinski definition) is 1. The predicted octanol–water partition coefficient (Wildman–Crippen LogP) is 2.53. The zero-order chi connectivity index (χ0) is 14.5. The van der Waals surface area contributed by atoms with Crippen LogP contribution in [0, 0.1) is 6.92 Å². The van der Waals surface area contributed by atoms with E-state index in [4.69, 9.17) is 4.74 Å². The van der Waals surface area contributed by atoms with Crippen LogP contribution in [0.5, 0.6) is 5.75 Å². The molecule has 0 saturated heterocycles. The lowest BCUT2D eigenvalue weighted by atomic mass is 10.1. The molecule has 0 unspecified atom stereocenters. The molecule has 0 saturated carbocycles. The average molecular weight is 274 g/mol. The molecule has 2 rings (SSSR count). The number of carbonyl (C=O) groups excluding carboxylic acids is 1. The third-order valence-electron chi connectivity index (χ3n) is 2.87. The highest BCUT2D eigenvalue weighted by Crippen LogP contribution is 2.27. The first kappa shape index (κ1) is 14.1. The first-order valence-corrected chi connectivity index (χ1v) is 6.49. The van der Waals surface area contributed by atoms with Crippen molar-refractivity contribution in [3.63, 3.8) is 0 Å². The summed E-state index contributed by atoms with van der Waals surface area (Å²) < 4.78 is 10.1. The van der Waals surface area contributed by atoms with Crippen LogP contribution < -0.4 is 10.1 Å². The Labute approximate surface area is 117 Å². The van der Waals surface area contributed by atoms with Crippen molar-refractivity contribution in [2.75, 3.05) is 25.6 Å². The van der Waals surface area contributed by atoms with Gasteiger partial charge in [0.05, 0.1) is 19.2 Å². The van der Waals surface area contributed by atoms with Crippen molar-refractivity contribution in [2.24, 2.45) is 0 Å². The SMILES string of the molecule is CCOc1ccc2nc(C)cc(NCC(=O)OC)c2c1. The van der Waals surface area contributed by atoms with E-state index in [2.05, 4.69) is 15.0 Å². The second-order valence-electron chi connectivity index (χ2n) is 4.35. The van der Waals surface area contributed by atoms with Crippen LogP contribution in [-0.4, -0.2) is 31.2 Å². The number of methoxy groups -OCH3 is 1. The first-order valence-electron chi connectivity index (χ1n) is 6.49. The molecule has 106 valence electrons. The van der Waals surface area contributed by atoms with Crippen LogP contribution in [0.4, 0.5) is 5.69 Å². The van der Waals surface area contributed by atoms with Gasteiger partial charge in [0.15, 0.2) is 0 Å². The maximum Gasteiger partial charge on any atom is 0.325 e. The summed E-state index contributed by atoms with van der Waals surface area (Å²) in [5.74, 6) is 0.473. The smallest absolute Gasteiger partial charge is 0.325 e. The maximum absolute atomic E-state index is 11.3. The standard InChI is InChI=1S/C15H18N2O3/c1-4-20-11-5-6-13-12(8-11)14(7-10(2)17-13)16-9-15(18)19-3/h5-8H,4,9H2,1-3H3,(H,16,17). The van der Waals surface area contributed by atoms with E-state index in [1.165, 1.54) is 7.11 Å². The lowest BCUT2D eigenvalue weighted by Gasteiger charge is -2.11. The van der Waals surface area contributed by atoms with Crippen molar-refractivity contribution in [1.29, 1.82) is 0 Å². The van der Waals surface area contributed by atoms with E-state index in [-0.39, 0.29) is 12.5 Å². The molecule has 20 heavy (non-hydrogen) atoms. The van der Waals surface area contributed by atoms with E-state index in [0.717, 1.165) is 28.0 Å². The Morgan fingerprint density at radius 1 is 1.35 bits per heavy atom. The van der Waals surface area contributed by atoms with Crippen LogP contribution in [0.1, 0.15) is 12.6 Å². The van der Waals surface area contributed by atoms with Crippen LogP contribution in [0.3, 0.4) is 0 Å². The third kappa shape index (κ3) is 3.17. The zero-order valence-corrected chi connectivity index (χ0v) is 11.9. The number of rotatable bonds is 5. The summed E-state index contributed by atoms with van der Waals surface area (Å²) in [5, 5.41) is 4.00. The number of aryl methyl sites for hydroxylation is 1. The fraction of sp³-hybridized carbons (Fsp3) is 0.333. The molecule has 0 fully saturated rings. The van der Waals surface area contributed by atoms with Crippen molar-refractivity contribution in [3.05, 3.63) is 30.0 Å². The Kier molecular flexibility index (Phi) is 4.40. The summed E-state index contributed by atoms with van der Waals surface area (Å²) in [7, 11) is 1.37. The van der Waals surface area contributed by atoms with Crippen molar-refractivity contribution in [1.82, 2.24) is 4.98 Å². The number of aromatic nitrogens is 1. The summed E-state index contributed by atoms with van der Waals surface area (Å²) in [4.78, 5) is 15.7. The van der Waals surface area contributed by atoms with Gasteiger partial charge < -0.3 is 14.8 Å². The second kappa shape index (κ2) is 6.23. The van der Waals surface area contributed by atoms with E-state index in [1.54, 1.807) is 0 Å². The highest BCUT2D eigenvalue weighted by Gasteiger charge is 2.07. The number of anilines is 1. The number of pyridine rings is 1. The van der Waals surface area contributed by atoms with Gasteiger partial charge in [-0.1, -0.05) is 0 Å². The van der Waals surface area contributed by atoms with Crippen molar-refractivity contribution in [2.45, 2.75) is 13.8 Å². The summed E-state index contributed by atoms with van der Waals surface area (Å²) in [6, 6.07) is 7.63. The molecule has 0 aliphatic heterocycles. The first-order chi connectivity index (χ1) is 9.63. The molecule has 0 bridgehead atoms. The highest BCUT2D eigenvalue weighted by atomic mass is 16.5. The minimum Gasteiger partial charge on any atom is -0.494 e. The molecule has 0 atom stereocenters. The molecule has 5 heteroatoms. The summed E-state index contributed by atoms with van der Waals surface area (Å²) in [5.41, 5.74) is 2.59. The van der Waals surface area contributed by atoms with Gasteiger partial charge in [0.25, 0.3) is 0 Å². The molecule has 1 heterocycles. The Bertz CT molecular complexity index is 626. The van der Waals surface area contributed by atoms with Gasteiger partial charge in [-0.15, -0.1) is 0 Å². The van der Waals surface area contributed by atoms with Gasteiger partial charge in [-0.25, -0.2) is 0 Å². The molecule has 0 amide bonds. The zero-order valence-electron chi connectivity index (χ0n) is 11.9. The number of hydrogen-bond acceptors (Lipinski definition) is 5. The average Bonchev–Trinajstić information content (AvgIpc) is 2.45. The minimum absolute atomic E-state index is 0.119. The van der Waals surface area contributed by atoms with Crippen LogP contribution in [0.15, 0.2) is 24.3 Å². The Morgan fingerprint density at radius 3 is 2.85 bits per heavy atom. The third-order valence-corrected chi connectivity index (χ3v) is 2.87. The van der Waals surface area contributed by atoms with Gasteiger partial charge in [0.1, 0.15) is 12.3 Å². The van der Waals surface area contributed by atoms with Crippen molar-refractivity contribution < 1.29 is 14.3 Å². The molecule has 0 aliphatic rings. The molecule has 1 N–H and O–H groups in total. The monoisotopic (exact) mass is 274 g/mol. The second-order valence-corrected chi connectivity index (χ2v) is 4.35. The Morgan fingerprint density at radius 2 is 2.15 bits per heavy atom. The number of fused-ring (bicyclic) bond motifs is 1. The molecular formula is C15H18N2O3. The molecular weight excluding hydrogens is 256 g/mol.